The van der Waals surface area contributed by atoms with E-state index in [1.165, 1.54) is 27.8 Å². The van der Waals surface area contributed by atoms with E-state index in [1.54, 1.807) is 0 Å². The number of sulfonamides is 1. The zero-order valence-corrected chi connectivity index (χ0v) is 14.3. The lowest BCUT2D eigenvalue weighted by atomic mass is 10.2. The van der Waals surface area contributed by atoms with Crippen LogP contribution in [0, 0.1) is 10.1 Å². The first-order valence-electron chi connectivity index (χ1n) is 6.90. The van der Waals surface area contributed by atoms with E-state index in [1.807, 2.05) is 17.5 Å². The minimum absolute atomic E-state index is 0.0785. The molecule has 2 aromatic rings. The predicted octanol–water partition coefficient (Wildman–Crippen LogP) is 3.84. The van der Waals surface area contributed by atoms with E-state index < -0.39 is 20.6 Å². The van der Waals surface area contributed by atoms with E-state index in [9.17, 15) is 18.5 Å². The molecular weight excluding hydrogens is 360 g/mol. The second-order valence-electron chi connectivity index (χ2n) is 5.16. The van der Waals surface area contributed by atoms with Crippen molar-refractivity contribution in [3.05, 3.63) is 55.7 Å². The Balaban J connectivity index is 2.01. The van der Waals surface area contributed by atoms with Crippen LogP contribution in [0.25, 0.3) is 0 Å². The van der Waals surface area contributed by atoms with Crippen molar-refractivity contribution < 1.29 is 13.3 Å². The van der Waals surface area contributed by atoms with Crippen molar-refractivity contribution in [3.8, 4) is 0 Å². The second-order valence-corrected chi connectivity index (χ2v) is 8.44. The van der Waals surface area contributed by atoms with Crippen molar-refractivity contribution >= 4 is 38.6 Å². The molecule has 3 rings (SSSR count). The Morgan fingerprint density at radius 3 is 2.78 bits per heavy atom. The topological polar surface area (TPSA) is 80.5 Å². The molecule has 0 unspecified atom stereocenters. The molecule has 6 nitrogen and oxygen atoms in total. The Hall–Kier alpha value is -1.48. The van der Waals surface area contributed by atoms with Gasteiger partial charge in [-0.05, 0) is 36.4 Å². The minimum Gasteiger partial charge on any atom is -0.258 e. The van der Waals surface area contributed by atoms with Crippen molar-refractivity contribution in [2.45, 2.75) is 23.8 Å². The van der Waals surface area contributed by atoms with E-state index in [2.05, 4.69) is 0 Å². The maximum Gasteiger partial charge on any atom is 0.289 e. The van der Waals surface area contributed by atoms with Crippen LogP contribution in [-0.2, 0) is 10.0 Å². The molecule has 23 heavy (non-hydrogen) atoms. The number of benzene rings is 1. The molecule has 0 spiro atoms. The lowest BCUT2D eigenvalue weighted by Crippen LogP contribution is -2.30. The molecule has 0 N–H and O–H groups in total. The summed E-state index contributed by atoms with van der Waals surface area (Å²) in [5.74, 6) is 0. The lowest BCUT2D eigenvalue weighted by molar-refractivity contribution is -0.384. The summed E-state index contributed by atoms with van der Waals surface area (Å²) in [7, 11) is -3.81. The third-order valence-electron chi connectivity index (χ3n) is 3.80. The largest absolute Gasteiger partial charge is 0.289 e. The van der Waals surface area contributed by atoms with Crippen LogP contribution in [0.4, 0.5) is 5.69 Å². The first-order valence-corrected chi connectivity index (χ1v) is 9.60. The van der Waals surface area contributed by atoms with Gasteiger partial charge < -0.3 is 0 Å². The number of nitro groups is 1. The number of hydrogen-bond acceptors (Lipinski definition) is 5. The summed E-state index contributed by atoms with van der Waals surface area (Å²) >= 11 is 7.27. The van der Waals surface area contributed by atoms with Gasteiger partial charge in [-0.1, -0.05) is 17.7 Å². The van der Waals surface area contributed by atoms with Gasteiger partial charge in [0.15, 0.2) is 0 Å². The summed E-state index contributed by atoms with van der Waals surface area (Å²) < 4.78 is 27.2. The number of nitrogens with zero attached hydrogens (tertiary/aromatic N) is 2. The molecule has 1 atom stereocenters. The minimum atomic E-state index is -3.81. The van der Waals surface area contributed by atoms with Crippen molar-refractivity contribution in [1.82, 2.24) is 4.31 Å². The highest BCUT2D eigenvalue weighted by Crippen LogP contribution is 2.39. The Morgan fingerprint density at radius 1 is 1.35 bits per heavy atom. The van der Waals surface area contributed by atoms with Gasteiger partial charge in [0, 0.05) is 17.5 Å². The van der Waals surface area contributed by atoms with Crippen LogP contribution in [-0.4, -0.2) is 24.2 Å². The van der Waals surface area contributed by atoms with Crippen LogP contribution in [0.1, 0.15) is 23.8 Å². The molecule has 122 valence electrons. The molecule has 1 aromatic carbocycles. The number of hydrogen-bond donors (Lipinski definition) is 0. The van der Waals surface area contributed by atoms with Crippen molar-refractivity contribution in [3.63, 3.8) is 0 Å². The highest BCUT2D eigenvalue weighted by atomic mass is 35.5. The normalized spacial score (nSPS) is 19.1. The average Bonchev–Trinajstić information content (AvgIpc) is 3.18. The molecule has 0 aliphatic carbocycles. The summed E-state index contributed by atoms with van der Waals surface area (Å²) in [6.07, 6.45) is 1.51. The molecule has 1 aliphatic heterocycles. The summed E-state index contributed by atoms with van der Waals surface area (Å²) in [5, 5.41) is 12.8. The Bertz CT molecular complexity index is 836. The Labute approximate surface area is 142 Å². The fourth-order valence-electron chi connectivity index (χ4n) is 2.72. The number of nitro benzene ring substituents is 1. The van der Waals surface area contributed by atoms with Crippen LogP contribution in [0.5, 0.6) is 0 Å². The Morgan fingerprint density at radius 2 is 2.13 bits per heavy atom. The smallest absolute Gasteiger partial charge is 0.258 e. The summed E-state index contributed by atoms with van der Waals surface area (Å²) in [6, 6.07) is 7.18. The van der Waals surface area contributed by atoms with Gasteiger partial charge in [0.2, 0.25) is 10.0 Å². The molecule has 1 aromatic heterocycles. The molecule has 0 amide bonds. The molecule has 1 fully saturated rings. The average molecular weight is 373 g/mol. The summed E-state index contributed by atoms with van der Waals surface area (Å²) in [6.45, 7) is 0.404. The number of rotatable bonds is 4. The van der Waals surface area contributed by atoms with Gasteiger partial charge >= 0.3 is 0 Å². The zero-order valence-electron chi connectivity index (χ0n) is 11.9. The summed E-state index contributed by atoms with van der Waals surface area (Å²) in [4.78, 5) is 11.2. The summed E-state index contributed by atoms with van der Waals surface area (Å²) in [5.41, 5.74) is -0.403. The molecular formula is C14H13ClN2O4S2. The van der Waals surface area contributed by atoms with Crippen LogP contribution < -0.4 is 0 Å². The van der Waals surface area contributed by atoms with E-state index in [0.29, 0.717) is 6.54 Å². The van der Waals surface area contributed by atoms with Gasteiger partial charge in [-0.15, -0.1) is 11.3 Å². The second kappa shape index (κ2) is 6.20. The standard InChI is InChI=1S/C14H13ClN2O4S2/c15-11-6-5-10(9-13(11)17(18)19)23(20,21)16-7-1-3-12(16)14-4-2-8-22-14/h2,4-6,8-9,12H,1,3,7H2/t12-/m1/s1. The molecule has 0 radical (unpaired) electrons. The lowest BCUT2D eigenvalue weighted by Gasteiger charge is -2.23. The maximum absolute atomic E-state index is 12.9. The fraction of sp³-hybridized carbons (Fsp3) is 0.286. The van der Waals surface area contributed by atoms with Crippen LogP contribution in [0.3, 0.4) is 0 Å². The van der Waals surface area contributed by atoms with Crippen LogP contribution in [0.2, 0.25) is 5.02 Å². The molecule has 1 saturated heterocycles. The van der Waals surface area contributed by atoms with Gasteiger partial charge in [0.05, 0.1) is 15.9 Å². The quantitative estimate of drug-likeness (QED) is 0.603. The highest BCUT2D eigenvalue weighted by Gasteiger charge is 2.37. The predicted molar refractivity (Wildman–Crippen MR) is 88.3 cm³/mol. The molecule has 0 saturated carbocycles. The van der Waals surface area contributed by atoms with Crippen molar-refractivity contribution in [2.75, 3.05) is 6.54 Å². The van der Waals surface area contributed by atoms with Crippen molar-refractivity contribution in [2.24, 2.45) is 0 Å². The number of halogens is 1. The maximum atomic E-state index is 12.9. The fourth-order valence-corrected chi connectivity index (χ4v) is 5.54. The van der Waals surface area contributed by atoms with E-state index in [0.717, 1.165) is 23.8 Å². The van der Waals surface area contributed by atoms with Gasteiger partial charge in [-0.3, -0.25) is 10.1 Å². The highest BCUT2D eigenvalue weighted by molar-refractivity contribution is 7.89. The van der Waals surface area contributed by atoms with Gasteiger partial charge in [-0.25, -0.2) is 8.42 Å². The SMILES string of the molecule is O=[N+]([O-])c1cc(S(=O)(=O)N2CCC[C@@H]2c2cccs2)ccc1Cl. The third kappa shape index (κ3) is 2.99. The van der Waals surface area contributed by atoms with E-state index in [-0.39, 0.29) is 16.0 Å². The first kappa shape index (κ1) is 16.4. The third-order valence-corrected chi connectivity index (χ3v) is 6.99. The Kier molecular flexibility index (Phi) is 4.41. The van der Waals surface area contributed by atoms with Gasteiger partial charge in [0.1, 0.15) is 5.02 Å². The van der Waals surface area contributed by atoms with Crippen LogP contribution in [0.15, 0.2) is 40.6 Å². The molecule has 9 heteroatoms. The molecule has 1 aliphatic rings. The molecule has 2 heterocycles. The van der Waals surface area contributed by atoms with E-state index in [4.69, 9.17) is 11.6 Å². The van der Waals surface area contributed by atoms with Crippen LogP contribution >= 0.6 is 22.9 Å². The van der Waals surface area contributed by atoms with Gasteiger partial charge in [0.25, 0.3) is 5.69 Å². The van der Waals surface area contributed by atoms with Gasteiger partial charge in [-0.2, -0.15) is 4.31 Å². The van der Waals surface area contributed by atoms with Crippen molar-refractivity contribution in [1.29, 1.82) is 0 Å². The first-order chi connectivity index (χ1) is 10.9. The number of thiophene rings is 1. The monoisotopic (exact) mass is 372 g/mol. The zero-order chi connectivity index (χ0) is 16.6. The molecule has 0 bridgehead atoms. The van der Waals surface area contributed by atoms with E-state index >= 15 is 0 Å².